The molecule has 1 atom stereocenters. The van der Waals surface area contributed by atoms with Crippen molar-refractivity contribution in [3.63, 3.8) is 0 Å². The number of nitrogens with one attached hydrogen (secondary N) is 1. The molecule has 0 aliphatic heterocycles. The van der Waals surface area contributed by atoms with Crippen LogP contribution in [0.2, 0.25) is 20.1 Å². The number of anilines is 1. The molecule has 0 radical (unpaired) electrons. The topological polar surface area (TPSA) is 86.8 Å². The highest BCUT2D eigenvalue weighted by atomic mass is 35.5. The summed E-state index contributed by atoms with van der Waals surface area (Å²) in [5, 5.41) is 3.82. The van der Waals surface area contributed by atoms with Gasteiger partial charge in [0.2, 0.25) is 11.8 Å². The monoisotopic (exact) mass is 719 g/mol. The Morgan fingerprint density at radius 1 is 0.804 bits per heavy atom. The van der Waals surface area contributed by atoms with Gasteiger partial charge in [-0.3, -0.25) is 13.9 Å². The largest absolute Gasteiger partial charge is 0.354 e. The van der Waals surface area contributed by atoms with Crippen LogP contribution >= 0.6 is 46.4 Å². The highest BCUT2D eigenvalue weighted by Crippen LogP contribution is 2.32. The van der Waals surface area contributed by atoms with E-state index in [2.05, 4.69) is 5.32 Å². The number of aryl methyl sites for hydroxylation is 1. The van der Waals surface area contributed by atoms with Crippen molar-refractivity contribution in [1.29, 1.82) is 0 Å². The standard InChI is InChI=1S/C34H33Cl4N3O4S/c1-3-18-39-34(43)32(19-24-8-5-4-6-9-24)40(21-27-28(35)10-7-11-29(27)36)33(42)22-41(25-14-17-30(37)31(38)20-25)46(44,45)26-15-12-23(2)13-16-26/h4-17,20,32H,3,18-19,21-22H2,1-2H3,(H,39,43)/t32-/m1/s1. The second-order valence-electron chi connectivity index (χ2n) is 10.6. The second-order valence-corrected chi connectivity index (χ2v) is 14.1. The van der Waals surface area contributed by atoms with Gasteiger partial charge in [-0.05, 0) is 61.4 Å². The van der Waals surface area contributed by atoms with E-state index < -0.39 is 34.4 Å². The summed E-state index contributed by atoms with van der Waals surface area (Å²) in [6, 6.07) is 23.7. The molecule has 7 nitrogen and oxygen atoms in total. The molecule has 4 rings (SSSR count). The molecule has 0 aliphatic carbocycles. The molecular formula is C34H33Cl4N3O4S. The van der Waals surface area contributed by atoms with Crippen LogP contribution in [-0.2, 0) is 32.6 Å². The first-order chi connectivity index (χ1) is 21.9. The molecule has 242 valence electrons. The van der Waals surface area contributed by atoms with Crippen LogP contribution < -0.4 is 9.62 Å². The van der Waals surface area contributed by atoms with E-state index in [9.17, 15) is 18.0 Å². The predicted octanol–water partition coefficient (Wildman–Crippen LogP) is 7.97. The van der Waals surface area contributed by atoms with E-state index >= 15 is 0 Å². The van der Waals surface area contributed by atoms with Crippen LogP contribution in [0.25, 0.3) is 0 Å². The van der Waals surface area contributed by atoms with E-state index in [1.165, 1.54) is 35.2 Å². The molecule has 0 heterocycles. The lowest BCUT2D eigenvalue weighted by atomic mass is 10.0. The third kappa shape index (κ3) is 8.75. The first-order valence-corrected chi connectivity index (χ1v) is 17.5. The van der Waals surface area contributed by atoms with Crippen LogP contribution in [-0.4, -0.2) is 44.3 Å². The minimum absolute atomic E-state index is 0.0285. The van der Waals surface area contributed by atoms with Crippen molar-refractivity contribution in [3.05, 3.63) is 128 Å². The SMILES string of the molecule is CCCNC(=O)[C@@H](Cc1ccccc1)N(Cc1c(Cl)cccc1Cl)C(=O)CN(c1ccc(Cl)c(Cl)c1)S(=O)(=O)c1ccc(C)cc1. The molecule has 0 aromatic heterocycles. The van der Waals surface area contributed by atoms with Crippen molar-refractivity contribution in [2.75, 3.05) is 17.4 Å². The van der Waals surface area contributed by atoms with E-state index in [1.807, 2.05) is 44.2 Å². The van der Waals surface area contributed by atoms with Crippen LogP contribution in [0.1, 0.15) is 30.0 Å². The van der Waals surface area contributed by atoms with Crippen LogP contribution in [0.3, 0.4) is 0 Å². The highest BCUT2D eigenvalue weighted by Gasteiger charge is 2.35. The molecule has 4 aromatic rings. The lowest BCUT2D eigenvalue weighted by molar-refractivity contribution is -0.140. The Kier molecular flexibility index (Phi) is 12.4. The number of halogens is 4. The maximum Gasteiger partial charge on any atom is 0.264 e. The van der Waals surface area contributed by atoms with Gasteiger partial charge in [0.15, 0.2) is 0 Å². The van der Waals surface area contributed by atoms with Gasteiger partial charge in [-0.1, -0.05) is 107 Å². The summed E-state index contributed by atoms with van der Waals surface area (Å²) in [6.07, 6.45) is 0.829. The van der Waals surface area contributed by atoms with E-state index in [-0.39, 0.29) is 33.6 Å². The number of sulfonamides is 1. The summed E-state index contributed by atoms with van der Waals surface area (Å²) in [4.78, 5) is 29.6. The quantitative estimate of drug-likeness (QED) is 0.152. The molecule has 12 heteroatoms. The molecule has 0 saturated carbocycles. The van der Waals surface area contributed by atoms with Gasteiger partial charge < -0.3 is 10.2 Å². The highest BCUT2D eigenvalue weighted by molar-refractivity contribution is 7.92. The molecule has 0 aliphatic rings. The average molecular weight is 722 g/mol. The Morgan fingerprint density at radius 2 is 1.46 bits per heavy atom. The fraction of sp³-hybridized carbons (Fsp3) is 0.235. The van der Waals surface area contributed by atoms with E-state index in [0.29, 0.717) is 28.6 Å². The van der Waals surface area contributed by atoms with Gasteiger partial charge in [0.05, 0.1) is 20.6 Å². The van der Waals surface area contributed by atoms with Gasteiger partial charge in [0, 0.05) is 35.1 Å². The third-order valence-corrected chi connectivity index (χ3v) is 10.5. The summed E-state index contributed by atoms with van der Waals surface area (Å²) >= 11 is 25.6. The van der Waals surface area contributed by atoms with Gasteiger partial charge in [-0.15, -0.1) is 0 Å². The molecular weight excluding hydrogens is 688 g/mol. The number of benzene rings is 4. The lowest BCUT2D eigenvalue weighted by Crippen LogP contribution is -2.53. The number of amides is 2. The molecule has 0 saturated heterocycles. The number of hydrogen-bond acceptors (Lipinski definition) is 4. The smallest absolute Gasteiger partial charge is 0.264 e. The van der Waals surface area contributed by atoms with Crippen molar-refractivity contribution < 1.29 is 18.0 Å². The van der Waals surface area contributed by atoms with Gasteiger partial charge >= 0.3 is 0 Å². The van der Waals surface area contributed by atoms with Crippen LogP contribution in [0.4, 0.5) is 5.69 Å². The fourth-order valence-corrected chi connectivity index (χ4v) is 7.00. The Morgan fingerprint density at radius 3 is 2.07 bits per heavy atom. The zero-order valence-corrected chi connectivity index (χ0v) is 29.1. The van der Waals surface area contributed by atoms with Crippen molar-refractivity contribution in [2.45, 2.75) is 44.2 Å². The van der Waals surface area contributed by atoms with Crippen LogP contribution in [0.15, 0.2) is 95.9 Å². The second kappa shape index (κ2) is 16.0. The Balaban J connectivity index is 1.85. The van der Waals surface area contributed by atoms with Gasteiger partial charge in [0.25, 0.3) is 10.0 Å². The molecule has 0 fully saturated rings. The van der Waals surface area contributed by atoms with Gasteiger partial charge in [-0.2, -0.15) is 0 Å². The maximum absolute atomic E-state index is 14.5. The first kappa shape index (κ1) is 35.6. The summed E-state index contributed by atoms with van der Waals surface area (Å²) in [5.41, 5.74) is 2.20. The number of nitrogens with zero attached hydrogens (tertiary/aromatic N) is 2. The number of rotatable bonds is 13. The number of carbonyl (C=O) groups is 2. The Labute approximate surface area is 290 Å². The Bertz CT molecular complexity index is 1770. The normalized spacial score (nSPS) is 12.0. The number of carbonyl (C=O) groups excluding carboxylic acids is 2. The zero-order chi connectivity index (χ0) is 33.4. The summed E-state index contributed by atoms with van der Waals surface area (Å²) < 4.78 is 29.3. The van der Waals surface area contributed by atoms with Gasteiger partial charge in [0.1, 0.15) is 12.6 Å². The van der Waals surface area contributed by atoms with Crippen molar-refractivity contribution in [1.82, 2.24) is 10.2 Å². The van der Waals surface area contributed by atoms with Crippen LogP contribution in [0.5, 0.6) is 0 Å². The summed E-state index contributed by atoms with van der Waals surface area (Å²) in [6.45, 7) is 3.32. The number of hydrogen-bond donors (Lipinski definition) is 1. The summed E-state index contributed by atoms with van der Waals surface area (Å²) in [5.74, 6) is -1.06. The Hall–Kier alpha value is -3.27. The fourth-order valence-electron chi connectivity index (χ4n) is 4.78. The van der Waals surface area contributed by atoms with Gasteiger partial charge in [-0.25, -0.2) is 8.42 Å². The zero-order valence-electron chi connectivity index (χ0n) is 25.2. The molecule has 1 N–H and O–H groups in total. The van der Waals surface area contributed by atoms with E-state index in [1.54, 1.807) is 30.3 Å². The van der Waals surface area contributed by atoms with Crippen molar-refractivity contribution >= 4 is 73.9 Å². The average Bonchev–Trinajstić information content (AvgIpc) is 3.03. The minimum atomic E-state index is -4.31. The van der Waals surface area contributed by atoms with Crippen LogP contribution in [0, 0.1) is 6.92 Å². The predicted molar refractivity (Wildman–Crippen MR) is 186 cm³/mol. The molecule has 46 heavy (non-hydrogen) atoms. The third-order valence-electron chi connectivity index (χ3n) is 7.29. The van der Waals surface area contributed by atoms with Crippen molar-refractivity contribution in [2.24, 2.45) is 0 Å². The minimum Gasteiger partial charge on any atom is -0.354 e. The first-order valence-electron chi connectivity index (χ1n) is 14.5. The summed E-state index contributed by atoms with van der Waals surface area (Å²) in [7, 11) is -4.31. The van der Waals surface area contributed by atoms with Crippen molar-refractivity contribution in [3.8, 4) is 0 Å². The van der Waals surface area contributed by atoms with E-state index in [0.717, 1.165) is 15.4 Å². The molecule has 0 spiro atoms. The lowest BCUT2D eigenvalue weighted by Gasteiger charge is -2.34. The molecule has 0 bridgehead atoms. The van der Waals surface area contributed by atoms with E-state index in [4.69, 9.17) is 46.4 Å². The molecule has 4 aromatic carbocycles. The molecule has 2 amide bonds. The molecule has 0 unspecified atom stereocenters. The maximum atomic E-state index is 14.5.